The summed E-state index contributed by atoms with van der Waals surface area (Å²) >= 11 is 0. The maximum absolute atomic E-state index is 12.5. The van der Waals surface area contributed by atoms with Gasteiger partial charge in [-0.3, -0.25) is 4.79 Å². The average molecular weight is 296 g/mol. The number of hydrogen-bond donors (Lipinski definition) is 0. The Morgan fingerprint density at radius 1 is 1.30 bits per heavy atom. The van der Waals surface area contributed by atoms with E-state index in [2.05, 4.69) is 33.9 Å². The molecule has 0 amide bonds. The van der Waals surface area contributed by atoms with Crippen LogP contribution in [0.25, 0.3) is 0 Å². The van der Waals surface area contributed by atoms with Crippen LogP contribution >= 0.6 is 0 Å². The number of hydrogen-bond acceptors (Lipinski definition) is 3. The van der Waals surface area contributed by atoms with Crippen molar-refractivity contribution in [3.05, 3.63) is 0 Å². The predicted molar refractivity (Wildman–Crippen MR) is 81.1 cm³/mol. The Morgan fingerprint density at radius 3 is 2.65 bits per heavy atom. The Morgan fingerprint density at radius 2 is 2.00 bits per heavy atom. The van der Waals surface area contributed by atoms with Crippen molar-refractivity contribution < 1.29 is 14.0 Å². The Labute approximate surface area is 123 Å². The van der Waals surface area contributed by atoms with Gasteiger partial charge in [-0.2, -0.15) is 0 Å². The molecule has 0 aromatic carbocycles. The van der Waals surface area contributed by atoms with E-state index in [4.69, 9.17) is 9.16 Å². The van der Waals surface area contributed by atoms with Crippen LogP contribution in [-0.2, 0) is 14.0 Å². The summed E-state index contributed by atoms with van der Waals surface area (Å²) in [5, 5.41) is 0.204. The maximum atomic E-state index is 12.5. The molecule has 1 saturated heterocycles. The molecule has 3 fully saturated rings. The van der Waals surface area contributed by atoms with Gasteiger partial charge in [-0.05, 0) is 36.4 Å². The second kappa shape index (κ2) is 4.40. The van der Waals surface area contributed by atoms with Crippen LogP contribution in [0.1, 0.15) is 33.6 Å². The van der Waals surface area contributed by atoms with Gasteiger partial charge in [-0.25, -0.2) is 0 Å². The molecule has 3 rings (SSSR count). The van der Waals surface area contributed by atoms with Crippen molar-refractivity contribution >= 4 is 14.1 Å². The van der Waals surface area contributed by atoms with Gasteiger partial charge in [0.2, 0.25) is 0 Å². The molecule has 0 N–H and O–H groups in total. The van der Waals surface area contributed by atoms with E-state index in [-0.39, 0.29) is 10.5 Å². The number of Topliss-reactive ketones (excluding diaryl/α,β-unsaturated/α-hetero) is 1. The van der Waals surface area contributed by atoms with Gasteiger partial charge in [0.05, 0.1) is 18.6 Å². The Hall–Kier alpha value is -0.193. The van der Waals surface area contributed by atoms with Gasteiger partial charge in [-0.15, -0.1) is 0 Å². The van der Waals surface area contributed by atoms with E-state index >= 15 is 0 Å². The minimum Gasteiger partial charge on any atom is -0.416 e. The zero-order valence-electron chi connectivity index (χ0n) is 13.5. The number of carbonyl (C=O) groups is 1. The maximum Gasteiger partial charge on any atom is 0.192 e. The van der Waals surface area contributed by atoms with Gasteiger partial charge in [-0.1, -0.05) is 20.8 Å². The number of rotatable bonds is 3. The van der Waals surface area contributed by atoms with Crippen LogP contribution in [0.15, 0.2) is 0 Å². The third-order valence-corrected chi connectivity index (χ3v) is 11.1. The number of fused-ring (bicyclic) bond motifs is 4. The number of ether oxygens (including phenoxy) is 1. The number of carbonyl (C=O) groups excluding carboxylic acids is 1. The lowest BCUT2D eigenvalue weighted by molar-refractivity contribution is -0.152. The summed E-state index contributed by atoms with van der Waals surface area (Å²) in [6, 6.07) is 0. The van der Waals surface area contributed by atoms with Gasteiger partial charge in [0.1, 0.15) is 5.78 Å². The van der Waals surface area contributed by atoms with Crippen molar-refractivity contribution in [3.63, 3.8) is 0 Å². The van der Waals surface area contributed by atoms with Crippen molar-refractivity contribution in [2.45, 2.75) is 51.7 Å². The normalized spacial score (nSPS) is 40.5. The average Bonchev–Trinajstić information content (AvgIpc) is 2.83. The molecule has 114 valence electrons. The lowest BCUT2D eigenvalue weighted by Gasteiger charge is -2.54. The summed E-state index contributed by atoms with van der Waals surface area (Å²) in [5.41, 5.74) is -0.184. The van der Waals surface area contributed by atoms with Crippen molar-refractivity contribution in [1.82, 2.24) is 0 Å². The van der Waals surface area contributed by atoms with E-state index in [1.54, 1.807) is 0 Å². The van der Waals surface area contributed by atoms with Gasteiger partial charge in [0.25, 0.3) is 0 Å². The highest BCUT2D eigenvalue weighted by Gasteiger charge is 2.69. The van der Waals surface area contributed by atoms with Gasteiger partial charge < -0.3 is 9.16 Å². The van der Waals surface area contributed by atoms with E-state index in [9.17, 15) is 4.79 Å². The van der Waals surface area contributed by atoms with Crippen molar-refractivity contribution in [2.75, 3.05) is 19.8 Å². The minimum atomic E-state index is -1.78. The summed E-state index contributed by atoms with van der Waals surface area (Å²) in [6.07, 6.45) is 1.82. The molecule has 20 heavy (non-hydrogen) atoms. The standard InChI is InChI=1S/C16H28O3Si/c1-15(2,3)20(4,5)19-10-16-12(6-7-14(16)17)11-8-18-9-13(11)16/h11-13H,6-10H2,1-5H3/t11-,12-,13-,16-/m0/s1. The van der Waals surface area contributed by atoms with Crippen LogP contribution in [0.3, 0.4) is 0 Å². The molecule has 0 aromatic heterocycles. The summed E-state index contributed by atoms with van der Waals surface area (Å²) in [6.45, 7) is 13.6. The monoisotopic (exact) mass is 296 g/mol. The van der Waals surface area contributed by atoms with E-state index < -0.39 is 8.32 Å². The van der Waals surface area contributed by atoms with Crippen molar-refractivity contribution in [3.8, 4) is 0 Å². The Kier molecular flexibility index (Phi) is 3.24. The van der Waals surface area contributed by atoms with Gasteiger partial charge in [0.15, 0.2) is 8.32 Å². The molecule has 4 atom stereocenters. The molecular weight excluding hydrogens is 268 g/mol. The fourth-order valence-electron chi connectivity index (χ4n) is 4.25. The zero-order chi connectivity index (χ0) is 14.8. The molecule has 0 aromatic rings. The molecule has 3 aliphatic rings. The Balaban J connectivity index is 1.77. The molecule has 3 nitrogen and oxygen atoms in total. The SMILES string of the molecule is CC(C)(C)[Si](C)(C)OC[C@]12C(=O)CC[C@H]1[C@@H]1COC[C@@H]12. The summed E-state index contributed by atoms with van der Waals surface area (Å²) in [4.78, 5) is 12.5. The summed E-state index contributed by atoms with van der Waals surface area (Å²) in [5.74, 6) is 2.05. The zero-order valence-corrected chi connectivity index (χ0v) is 14.5. The van der Waals surface area contributed by atoms with E-state index in [0.29, 0.717) is 30.1 Å². The molecule has 2 saturated carbocycles. The quantitative estimate of drug-likeness (QED) is 0.750. The third-order valence-electron chi connectivity index (χ3n) is 6.64. The van der Waals surface area contributed by atoms with Gasteiger partial charge in [0, 0.05) is 18.9 Å². The minimum absolute atomic E-state index is 0.184. The first kappa shape index (κ1) is 14.7. The van der Waals surface area contributed by atoms with E-state index in [1.807, 2.05) is 0 Å². The highest BCUT2D eigenvalue weighted by Crippen LogP contribution is 2.65. The van der Waals surface area contributed by atoms with E-state index in [1.165, 1.54) is 0 Å². The van der Waals surface area contributed by atoms with Crippen LogP contribution in [0.5, 0.6) is 0 Å². The molecular formula is C16H28O3Si. The van der Waals surface area contributed by atoms with Crippen LogP contribution in [0, 0.1) is 23.2 Å². The second-order valence-electron chi connectivity index (χ2n) is 8.47. The van der Waals surface area contributed by atoms with E-state index in [0.717, 1.165) is 26.1 Å². The second-order valence-corrected chi connectivity index (χ2v) is 13.3. The topological polar surface area (TPSA) is 35.5 Å². The molecule has 1 aliphatic heterocycles. The first-order chi connectivity index (χ1) is 9.20. The first-order valence-corrected chi connectivity index (χ1v) is 10.9. The molecule has 0 unspecified atom stereocenters. The largest absolute Gasteiger partial charge is 0.416 e. The molecule has 2 aliphatic carbocycles. The van der Waals surface area contributed by atoms with Crippen LogP contribution < -0.4 is 0 Å². The Bertz CT molecular complexity index is 418. The third kappa shape index (κ3) is 1.80. The summed E-state index contributed by atoms with van der Waals surface area (Å²) < 4.78 is 12.1. The van der Waals surface area contributed by atoms with Crippen LogP contribution in [0.4, 0.5) is 0 Å². The molecule has 0 bridgehead atoms. The molecule has 0 radical (unpaired) electrons. The highest BCUT2D eigenvalue weighted by molar-refractivity contribution is 6.74. The van der Waals surface area contributed by atoms with Crippen molar-refractivity contribution in [1.29, 1.82) is 0 Å². The van der Waals surface area contributed by atoms with Crippen LogP contribution in [-0.4, -0.2) is 33.9 Å². The molecule has 4 heteroatoms. The highest BCUT2D eigenvalue weighted by atomic mass is 28.4. The lowest BCUT2D eigenvalue weighted by Crippen LogP contribution is -2.61. The number of ketones is 1. The fraction of sp³-hybridized carbons (Fsp3) is 0.938. The fourth-order valence-corrected chi connectivity index (χ4v) is 5.28. The first-order valence-electron chi connectivity index (χ1n) is 7.95. The molecule has 0 spiro atoms. The smallest absolute Gasteiger partial charge is 0.192 e. The lowest BCUT2D eigenvalue weighted by atomic mass is 9.49. The van der Waals surface area contributed by atoms with Crippen LogP contribution in [0.2, 0.25) is 18.1 Å². The molecule has 1 heterocycles. The van der Waals surface area contributed by atoms with Gasteiger partial charge >= 0.3 is 0 Å². The predicted octanol–water partition coefficient (Wildman–Crippen LogP) is 3.25. The van der Waals surface area contributed by atoms with Crippen molar-refractivity contribution in [2.24, 2.45) is 23.2 Å². The summed E-state index contributed by atoms with van der Waals surface area (Å²) in [7, 11) is -1.78.